The summed E-state index contributed by atoms with van der Waals surface area (Å²) < 4.78 is 48.7. The zero-order valence-electron chi connectivity index (χ0n) is 19.1. The number of carbonyl (C=O) groups excluding carboxylic acids is 2. The molecule has 3 N–H and O–H groups in total. The van der Waals surface area contributed by atoms with Gasteiger partial charge in [0.1, 0.15) is 5.75 Å². The van der Waals surface area contributed by atoms with Gasteiger partial charge >= 0.3 is 6.18 Å². The number of nitrogens with one attached hydrogen (secondary N) is 1. The Hall–Kier alpha value is -3.09. The number of amides is 1. The zero-order valence-corrected chi connectivity index (χ0v) is 21.2. The highest BCUT2D eigenvalue weighted by Gasteiger charge is 2.45. The van der Waals surface area contributed by atoms with Crippen LogP contribution in [0.25, 0.3) is 5.69 Å². The molecule has 1 aliphatic carbocycles. The Morgan fingerprint density at radius 3 is 2.54 bits per heavy atom. The molecule has 3 aromatic rings. The van der Waals surface area contributed by atoms with Crippen molar-refractivity contribution in [3.8, 4) is 11.4 Å². The van der Waals surface area contributed by atoms with Gasteiger partial charge in [-0.3, -0.25) is 9.59 Å². The van der Waals surface area contributed by atoms with Crippen molar-refractivity contribution in [3.05, 3.63) is 62.5 Å². The number of ketones is 1. The SMILES string of the molecule is COc1cc(Nc2cc(-n3nc(C(F)(F)F)c4c3CC(C)(C)CC4=O)ccc2C(N)=O)ccc1I. The summed E-state index contributed by atoms with van der Waals surface area (Å²) in [5.74, 6) is -0.705. The van der Waals surface area contributed by atoms with Gasteiger partial charge in [-0.1, -0.05) is 13.8 Å². The number of benzene rings is 2. The first-order valence-corrected chi connectivity index (χ1v) is 11.7. The molecular formula is C24H22F3IN4O3. The van der Waals surface area contributed by atoms with Crippen LogP contribution in [0.2, 0.25) is 0 Å². The Balaban J connectivity index is 1.87. The highest BCUT2D eigenvalue weighted by Crippen LogP contribution is 2.42. The number of primary amides is 1. The summed E-state index contributed by atoms with van der Waals surface area (Å²) in [5, 5.41) is 6.91. The quantitative estimate of drug-likeness (QED) is 0.378. The summed E-state index contributed by atoms with van der Waals surface area (Å²) in [6.07, 6.45) is -4.57. The number of hydrogen-bond donors (Lipinski definition) is 2. The number of alkyl halides is 3. The molecule has 0 saturated carbocycles. The maximum Gasteiger partial charge on any atom is 0.435 e. The Kier molecular flexibility index (Phi) is 6.32. The van der Waals surface area contributed by atoms with E-state index in [0.717, 1.165) is 8.25 Å². The Bertz CT molecular complexity index is 1350. The lowest BCUT2D eigenvalue weighted by molar-refractivity contribution is -0.141. The van der Waals surface area contributed by atoms with Crippen LogP contribution in [-0.4, -0.2) is 28.6 Å². The summed E-state index contributed by atoms with van der Waals surface area (Å²) >= 11 is 2.11. The molecule has 0 unspecified atom stereocenters. The predicted octanol–water partition coefficient (Wildman–Crippen LogP) is 5.50. The minimum atomic E-state index is -4.79. The number of hydrogen-bond acceptors (Lipinski definition) is 5. The molecule has 1 aromatic heterocycles. The summed E-state index contributed by atoms with van der Waals surface area (Å²) in [5.41, 5.74) is 4.85. The average molecular weight is 598 g/mol. The topological polar surface area (TPSA) is 99.2 Å². The van der Waals surface area contributed by atoms with Crippen LogP contribution in [0.5, 0.6) is 5.75 Å². The van der Waals surface area contributed by atoms with Gasteiger partial charge in [0.15, 0.2) is 11.5 Å². The third-order valence-electron chi connectivity index (χ3n) is 5.76. The first-order chi connectivity index (χ1) is 16.3. The fourth-order valence-electron chi connectivity index (χ4n) is 4.24. The van der Waals surface area contributed by atoms with E-state index >= 15 is 0 Å². The number of ether oxygens (including phenoxy) is 1. The molecule has 0 aliphatic heterocycles. The van der Waals surface area contributed by atoms with Gasteiger partial charge in [0.25, 0.3) is 5.91 Å². The first-order valence-electron chi connectivity index (χ1n) is 10.6. The minimum Gasteiger partial charge on any atom is -0.496 e. The van der Waals surface area contributed by atoms with E-state index in [9.17, 15) is 22.8 Å². The molecule has 184 valence electrons. The molecule has 1 aliphatic rings. The molecule has 2 aromatic carbocycles. The van der Waals surface area contributed by atoms with E-state index in [1.807, 2.05) is 19.9 Å². The summed E-state index contributed by atoms with van der Waals surface area (Å²) in [6.45, 7) is 3.65. The summed E-state index contributed by atoms with van der Waals surface area (Å²) in [6, 6.07) is 9.66. The van der Waals surface area contributed by atoms with Gasteiger partial charge < -0.3 is 15.8 Å². The van der Waals surface area contributed by atoms with Crippen molar-refractivity contribution in [3.63, 3.8) is 0 Å². The fraction of sp³-hybridized carbons (Fsp3) is 0.292. The van der Waals surface area contributed by atoms with E-state index in [1.54, 1.807) is 12.1 Å². The number of rotatable bonds is 5. The summed E-state index contributed by atoms with van der Waals surface area (Å²) in [4.78, 5) is 24.8. The van der Waals surface area contributed by atoms with Gasteiger partial charge in [-0.25, -0.2) is 4.68 Å². The van der Waals surface area contributed by atoms with E-state index in [4.69, 9.17) is 10.5 Å². The normalized spacial score (nSPS) is 15.0. The van der Waals surface area contributed by atoms with E-state index in [-0.39, 0.29) is 35.5 Å². The minimum absolute atomic E-state index is 0.00314. The highest BCUT2D eigenvalue weighted by atomic mass is 127. The van der Waals surface area contributed by atoms with Crippen LogP contribution in [0.3, 0.4) is 0 Å². The van der Waals surface area contributed by atoms with E-state index < -0.39 is 34.5 Å². The zero-order chi connectivity index (χ0) is 25.7. The second-order valence-electron chi connectivity index (χ2n) is 9.09. The monoisotopic (exact) mass is 598 g/mol. The molecule has 0 saturated heterocycles. The molecule has 7 nitrogen and oxygen atoms in total. The van der Waals surface area contributed by atoms with Gasteiger partial charge in [0.05, 0.1) is 38.9 Å². The molecule has 0 radical (unpaired) electrons. The molecule has 0 spiro atoms. The first kappa shape index (κ1) is 25.0. The lowest BCUT2D eigenvalue weighted by Crippen LogP contribution is -2.29. The average Bonchev–Trinajstić information content (AvgIpc) is 3.14. The van der Waals surface area contributed by atoms with E-state index in [0.29, 0.717) is 11.4 Å². The van der Waals surface area contributed by atoms with Gasteiger partial charge in [0, 0.05) is 18.2 Å². The molecule has 1 amide bonds. The smallest absolute Gasteiger partial charge is 0.435 e. The van der Waals surface area contributed by atoms with Crippen molar-refractivity contribution < 1.29 is 27.5 Å². The number of nitrogens with zero attached hydrogens (tertiary/aromatic N) is 2. The van der Waals surface area contributed by atoms with Crippen molar-refractivity contribution in [1.29, 1.82) is 0 Å². The third kappa shape index (κ3) is 4.86. The highest BCUT2D eigenvalue weighted by molar-refractivity contribution is 14.1. The van der Waals surface area contributed by atoms with Crippen LogP contribution in [0.15, 0.2) is 36.4 Å². The number of anilines is 2. The largest absolute Gasteiger partial charge is 0.496 e. The van der Waals surface area contributed by atoms with Gasteiger partial charge in [-0.2, -0.15) is 18.3 Å². The maximum absolute atomic E-state index is 13.8. The number of methoxy groups -OCH3 is 1. The van der Waals surface area contributed by atoms with Crippen LogP contribution < -0.4 is 15.8 Å². The number of Topliss-reactive ketones (excluding diaryl/α,β-unsaturated/α-hetero) is 1. The predicted molar refractivity (Wildman–Crippen MR) is 133 cm³/mol. The van der Waals surface area contributed by atoms with Crippen molar-refractivity contribution in [2.75, 3.05) is 12.4 Å². The second-order valence-corrected chi connectivity index (χ2v) is 10.3. The van der Waals surface area contributed by atoms with Gasteiger partial charge in [-0.15, -0.1) is 0 Å². The number of fused-ring (bicyclic) bond motifs is 1. The van der Waals surface area contributed by atoms with Crippen molar-refractivity contribution >= 4 is 45.7 Å². The summed E-state index contributed by atoms with van der Waals surface area (Å²) in [7, 11) is 1.53. The fourth-order valence-corrected chi connectivity index (χ4v) is 4.79. The molecule has 4 rings (SSSR count). The molecule has 1 heterocycles. The third-order valence-corrected chi connectivity index (χ3v) is 6.65. The van der Waals surface area contributed by atoms with Crippen LogP contribution in [0.4, 0.5) is 24.5 Å². The van der Waals surface area contributed by atoms with Gasteiger partial charge in [0.2, 0.25) is 0 Å². The number of nitrogens with two attached hydrogens (primary N) is 1. The van der Waals surface area contributed by atoms with Crippen molar-refractivity contribution in [2.45, 2.75) is 32.9 Å². The Morgan fingerprint density at radius 1 is 1.20 bits per heavy atom. The van der Waals surface area contributed by atoms with E-state index in [1.165, 1.54) is 25.3 Å². The molecule has 0 fully saturated rings. The molecule has 11 heteroatoms. The molecule has 35 heavy (non-hydrogen) atoms. The van der Waals surface area contributed by atoms with Gasteiger partial charge in [-0.05, 0) is 64.8 Å². The van der Waals surface area contributed by atoms with Crippen molar-refractivity contribution in [1.82, 2.24) is 9.78 Å². The Morgan fingerprint density at radius 2 is 1.91 bits per heavy atom. The van der Waals surface area contributed by atoms with Crippen LogP contribution in [0.1, 0.15) is 52.4 Å². The van der Waals surface area contributed by atoms with Crippen LogP contribution in [0, 0.1) is 8.99 Å². The number of aromatic nitrogens is 2. The van der Waals surface area contributed by atoms with Crippen LogP contribution in [-0.2, 0) is 12.6 Å². The molecule has 0 bridgehead atoms. The lowest BCUT2D eigenvalue weighted by atomic mass is 9.75. The van der Waals surface area contributed by atoms with E-state index in [2.05, 4.69) is 33.0 Å². The maximum atomic E-state index is 13.8. The lowest BCUT2D eigenvalue weighted by Gasteiger charge is -2.29. The number of carbonyl (C=O) groups is 2. The van der Waals surface area contributed by atoms with Crippen LogP contribution >= 0.6 is 22.6 Å². The molecule has 0 atom stereocenters. The van der Waals surface area contributed by atoms with Crippen molar-refractivity contribution in [2.24, 2.45) is 11.1 Å². The number of halogens is 4. The molecular weight excluding hydrogens is 576 g/mol. The second kappa shape index (κ2) is 8.85. The standard InChI is InChI=1S/C24H22F3IN4O3/c1-23(2)10-17-20(18(33)11-23)21(24(25,26)27)31-32(17)13-5-6-14(22(29)34)16(9-13)30-12-4-7-15(28)19(8-12)35-3/h4-9,30H,10-11H2,1-3H3,(H2,29,34). The Labute approximate surface area is 213 Å².